The van der Waals surface area contributed by atoms with Crippen LogP contribution in [0, 0.1) is 11.6 Å². The van der Waals surface area contributed by atoms with E-state index in [-0.39, 0.29) is 23.7 Å². The molecule has 4 rings (SSSR count). The lowest BCUT2D eigenvalue weighted by Crippen LogP contribution is -2.20. The van der Waals surface area contributed by atoms with Gasteiger partial charge in [0.2, 0.25) is 0 Å². The minimum atomic E-state index is -0.759. The number of rotatable bonds is 8. The molecule has 0 saturated carbocycles. The van der Waals surface area contributed by atoms with E-state index in [1.165, 1.54) is 17.5 Å². The first-order chi connectivity index (χ1) is 15.4. The summed E-state index contributed by atoms with van der Waals surface area (Å²) >= 11 is 1.43. The summed E-state index contributed by atoms with van der Waals surface area (Å²) in [7, 11) is 3.98. The van der Waals surface area contributed by atoms with Crippen LogP contribution in [0.5, 0.6) is 5.75 Å². The summed E-state index contributed by atoms with van der Waals surface area (Å²) < 4.78 is 32.2. The molecule has 3 heterocycles. The van der Waals surface area contributed by atoms with Crippen molar-refractivity contribution in [3.8, 4) is 17.1 Å². The molecule has 0 aliphatic carbocycles. The highest BCUT2D eigenvalue weighted by molar-refractivity contribution is 7.14. The molecule has 0 amide bonds. The summed E-state index contributed by atoms with van der Waals surface area (Å²) in [5.74, 6) is -1.33. The maximum Gasteiger partial charge on any atom is 0.258 e. The lowest BCUT2D eigenvalue weighted by Gasteiger charge is -2.09. The monoisotopic (exact) mass is 458 g/mol. The lowest BCUT2D eigenvalue weighted by atomic mass is 10.2. The van der Waals surface area contributed by atoms with Crippen LogP contribution in [-0.4, -0.2) is 52.0 Å². The number of H-pyrrole nitrogens is 1. The minimum absolute atomic E-state index is 0.00963. The molecule has 3 aromatic heterocycles. The first-order valence-electron chi connectivity index (χ1n) is 9.70. The van der Waals surface area contributed by atoms with Crippen molar-refractivity contribution in [1.29, 1.82) is 0 Å². The molecule has 0 unspecified atom stereocenters. The second-order valence-corrected chi connectivity index (χ2v) is 8.09. The van der Waals surface area contributed by atoms with Crippen LogP contribution in [0.1, 0.15) is 5.82 Å². The summed E-state index contributed by atoms with van der Waals surface area (Å²) in [4.78, 5) is 30.7. The lowest BCUT2D eigenvalue weighted by molar-refractivity contribution is 0.292. The molecule has 0 aliphatic heterocycles. The maximum absolute atomic E-state index is 13.4. The predicted octanol–water partition coefficient (Wildman–Crippen LogP) is 3.27. The summed E-state index contributed by atoms with van der Waals surface area (Å²) in [6.07, 6.45) is 1.53. The van der Waals surface area contributed by atoms with Gasteiger partial charge in [-0.05, 0) is 20.2 Å². The van der Waals surface area contributed by atoms with Gasteiger partial charge in [0.15, 0.2) is 5.13 Å². The van der Waals surface area contributed by atoms with Crippen molar-refractivity contribution in [3.05, 3.63) is 63.7 Å². The van der Waals surface area contributed by atoms with Gasteiger partial charge in [-0.25, -0.2) is 18.7 Å². The van der Waals surface area contributed by atoms with Crippen LogP contribution in [0.4, 0.5) is 13.9 Å². The Bertz CT molecular complexity index is 1290. The van der Waals surface area contributed by atoms with Crippen LogP contribution in [0.25, 0.3) is 22.3 Å². The number of aromatic amines is 1. The fourth-order valence-corrected chi connectivity index (χ4v) is 3.71. The molecular weight excluding hydrogens is 438 g/mol. The average molecular weight is 458 g/mol. The van der Waals surface area contributed by atoms with Crippen molar-refractivity contribution in [2.75, 3.05) is 32.5 Å². The van der Waals surface area contributed by atoms with Crippen LogP contribution in [0.15, 0.2) is 40.6 Å². The molecule has 166 valence electrons. The third kappa shape index (κ3) is 5.06. The van der Waals surface area contributed by atoms with Crippen molar-refractivity contribution in [2.24, 2.45) is 0 Å². The molecule has 0 bridgehead atoms. The van der Waals surface area contributed by atoms with Crippen LogP contribution in [0.2, 0.25) is 0 Å². The fraction of sp³-hybridized carbons (Fsp3) is 0.238. The Labute approximate surface area is 185 Å². The van der Waals surface area contributed by atoms with E-state index in [0.29, 0.717) is 22.3 Å². The van der Waals surface area contributed by atoms with Crippen LogP contribution < -0.4 is 15.6 Å². The summed E-state index contributed by atoms with van der Waals surface area (Å²) in [5, 5.41) is 6.19. The van der Waals surface area contributed by atoms with E-state index in [1.54, 1.807) is 6.07 Å². The number of likely N-dealkylation sites (N-methyl/N-ethyl adjacent to an activating group) is 1. The number of hydrogen-bond donors (Lipinski definition) is 2. The Morgan fingerprint density at radius 1 is 1.19 bits per heavy atom. The maximum atomic E-state index is 13.4. The molecule has 0 saturated heterocycles. The molecule has 0 fully saturated rings. The molecule has 0 atom stereocenters. The smallest absolute Gasteiger partial charge is 0.258 e. The standard InChI is InChI=1S/C21H20F2N6O2S/c1-29(2)6-5-25-21-26-16(11-32-21)19-18-15(3-4-24-19)20(30)28-17(27-18)10-31-14-8-12(22)7-13(23)9-14/h3-4,7-9,11H,5-6,10H2,1-2H3,(H,25,26)(H,27,28,30). The molecule has 4 aromatic rings. The predicted molar refractivity (Wildman–Crippen MR) is 119 cm³/mol. The molecule has 0 radical (unpaired) electrons. The molecule has 8 nitrogen and oxygen atoms in total. The number of halogens is 2. The van der Waals surface area contributed by atoms with E-state index in [1.807, 2.05) is 19.5 Å². The number of fused-ring (bicyclic) bond motifs is 1. The third-order valence-corrected chi connectivity index (χ3v) is 5.27. The number of aromatic nitrogens is 4. The van der Waals surface area contributed by atoms with Gasteiger partial charge < -0.3 is 19.9 Å². The zero-order valence-electron chi connectivity index (χ0n) is 17.4. The first-order valence-corrected chi connectivity index (χ1v) is 10.6. The summed E-state index contributed by atoms with van der Waals surface area (Å²) in [5.41, 5.74) is 1.04. The van der Waals surface area contributed by atoms with E-state index in [2.05, 4.69) is 30.2 Å². The van der Waals surface area contributed by atoms with Gasteiger partial charge >= 0.3 is 0 Å². The van der Waals surface area contributed by atoms with Gasteiger partial charge in [0.1, 0.15) is 46.7 Å². The van der Waals surface area contributed by atoms with Crippen LogP contribution >= 0.6 is 11.3 Å². The quantitative estimate of drug-likeness (QED) is 0.418. The van der Waals surface area contributed by atoms with E-state index in [4.69, 9.17) is 4.74 Å². The first kappa shape index (κ1) is 21.8. The van der Waals surface area contributed by atoms with Gasteiger partial charge in [0, 0.05) is 42.9 Å². The average Bonchev–Trinajstić information content (AvgIpc) is 3.20. The van der Waals surface area contributed by atoms with Crippen molar-refractivity contribution in [3.63, 3.8) is 0 Å². The SMILES string of the molecule is CN(C)CCNc1nc(-c2nccc3c(=O)[nH]c(COc4cc(F)cc(F)c4)nc23)cs1. The van der Waals surface area contributed by atoms with E-state index in [0.717, 1.165) is 36.4 Å². The number of pyridine rings is 1. The Hall–Kier alpha value is -3.44. The van der Waals surface area contributed by atoms with E-state index >= 15 is 0 Å². The van der Waals surface area contributed by atoms with Crippen LogP contribution in [0.3, 0.4) is 0 Å². The van der Waals surface area contributed by atoms with Crippen molar-refractivity contribution in [2.45, 2.75) is 6.61 Å². The fourth-order valence-electron chi connectivity index (χ4n) is 2.98. The van der Waals surface area contributed by atoms with E-state index in [9.17, 15) is 13.6 Å². The highest BCUT2D eigenvalue weighted by Crippen LogP contribution is 2.27. The molecular formula is C21H20F2N6O2S. The Morgan fingerprint density at radius 3 is 2.72 bits per heavy atom. The largest absolute Gasteiger partial charge is 0.485 e. The second kappa shape index (κ2) is 9.37. The third-order valence-electron chi connectivity index (χ3n) is 4.47. The number of benzene rings is 1. The van der Waals surface area contributed by atoms with Crippen molar-refractivity contribution in [1.82, 2.24) is 24.8 Å². The van der Waals surface area contributed by atoms with Gasteiger partial charge in [0.25, 0.3) is 5.56 Å². The number of thiazole rings is 1. The van der Waals surface area contributed by atoms with Crippen molar-refractivity contribution >= 4 is 27.4 Å². The summed E-state index contributed by atoms with van der Waals surface area (Å²) in [6.45, 7) is 1.41. The number of ether oxygens (including phenoxy) is 1. The number of nitrogens with zero attached hydrogens (tertiary/aromatic N) is 4. The zero-order chi connectivity index (χ0) is 22.7. The Balaban J connectivity index is 1.61. The Morgan fingerprint density at radius 2 is 1.97 bits per heavy atom. The highest BCUT2D eigenvalue weighted by atomic mass is 32.1. The molecule has 0 spiro atoms. The van der Waals surface area contributed by atoms with Crippen LogP contribution in [-0.2, 0) is 6.61 Å². The molecule has 2 N–H and O–H groups in total. The van der Waals surface area contributed by atoms with Gasteiger partial charge in [-0.3, -0.25) is 9.78 Å². The molecule has 1 aromatic carbocycles. The number of hydrogen-bond acceptors (Lipinski definition) is 8. The van der Waals surface area contributed by atoms with Crippen molar-refractivity contribution < 1.29 is 13.5 Å². The summed E-state index contributed by atoms with van der Waals surface area (Å²) in [6, 6.07) is 4.42. The minimum Gasteiger partial charge on any atom is -0.485 e. The molecule has 0 aliphatic rings. The number of nitrogens with one attached hydrogen (secondary N) is 2. The normalized spacial score (nSPS) is 11.3. The number of anilines is 1. The highest BCUT2D eigenvalue weighted by Gasteiger charge is 2.14. The van der Waals surface area contributed by atoms with E-state index < -0.39 is 11.6 Å². The van der Waals surface area contributed by atoms with Gasteiger partial charge in [-0.1, -0.05) is 0 Å². The topological polar surface area (TPSA) is 96.0 Å². The van der Waals surface area contributed by atoms with Gasteiger partial charge in [-0.2, -0.15) is 0 Å². The zero-order valence-corrected chi connectivity index (χ0v) is 18.2. The second-order valence-electron chi connectivity index (χ2n) is 7.23. The Kier molecular flexibility index (Phi) is 6.37. The molecule has 32 heavy (non-hydrogen) atoms. The molecule has 11 heteroatoms. The van der Waals surface area contributed by atoms with Gasteiger partial charge in [-0.15, -0.1) is 11.3 Å². The van der Waals surface area contributed by atoms with Gasteiger partial charge in [0.05, 0.1) is 5.39 Å².